The Balaban J connectivity index is 2.70. The van der Waals surface area contributed by atoms with Gasteiger partial charge in [-0.25, -0.2) is 0 Å². The summed E-state index contributed by atoms with van der Waals surface area (Å²) in [5.41, 5.74) is 0. The van der Waals surface area contributed by atoms with Crippen molar-refractivity contribution in [2.75, 3.05) is 0 Å². The average molecular weight is 267 g/mol. The van der Waals surface area contributed by atoms with Gasteiger partial charge in [0.2, 0.25) is 0 Å². The van der Waals surface area contributed by atoms with Gasteiger partial charge in [0, 0.05) is 0 Å². The van der Waals surface area contributed by atoms with Crippen LogP contribution in [0.5, 0.6) is 0 Å². The minimum absolute atomic E-state index is 0.247. The maximum Gasteiger partial charge on any atom is 0.123 e. The molecule has 0 saturated heterocycles. The van der Waals surface area contributed by atoms with Crippen LogP contribution < -0.4 is 10.4 Å². The van der Waals surface area contributed by atoms with Crippen molar-refractivity contribution in [2.24, 2.45) is 0 Å². The zero-order valence-electron chi connectivity index (χ0n) is 12.2. The van der Waals surface area contributed by atoms with Crippen molar-refractivity contribution >= 4 is 18.4 Å². The van der Waals surface area contributed by atoms with Crippen LogP contribution in [0.25, 0.3) is 0 Å². The minimum atomic E-state index is -1.83. The van der Waals surface area contributed by atoms with Gasteiger partial charge in [0.25, 0.3) is 0 Å². The summed E-state index contributed by atoms with van der Waals surface area (Å²) < 4.78 is 0. The number of rotatable bonds is 3. The molecule has 1 radical (unpaired) electrons. The highest BCUT2D eigenvalue weighted by atomic mass is 28.3. The Morgan fingerprint density at radius 3 is 1.42 bits per heavy atom. The van der Waals surface area contributed by atoms with Gasteiger partial charge in [0.15, 0.2) is 0 Å². The Bertz CT molecular complexity index is 469. The third kappa shape index (κ3) is 2.39. The number of hydrogen-bond donors (Lipinski definition) is 0. The summed E-state index contributed by atoms with van der Waals surface area (Å²) in [4.78, 5) is 0. The smallest absolute Gasteiger partial charge is 0.0626 e. The summed E-state index contributed by atoms with van der Waals surface area (Å²) in [6, 6.07) is 23.0. The standard InChI is InChI=1S/C18H23Si/c1-5-19(18(2,3)4,16-12-8-6-9-13-16)17-14-10-7-11-15-17/h6-15H,1,5H2,2-4H3. The van der Waals surface area contributed by atoms with E-state index in [2.05, 4.69) is 88.4 Å². The lowest BCUT2D eigenvalue weighted by atomic mass is 10.2. The van der Waals surface area contributed by atoms with E-state index in [1.54, 1.807) is 0 Å². The summed E-state index contributed by atoms with van der Waals surface area (Å²) in [7, 11) is -1.83. The molecule has 0 nitrogen and oxygen atoms in total. The van der Waals surface area contributed by atoms with Crippen LogP contribution in [0, 0.1) is 6.92 Å². The van der Waals surface area contributed by atoms with Crippen LogP contribution in [0.2, 0.25) is 11.1 Å². The second kappa shape index (κ2) is 5.34. The molecular weight excluding hydrogens is 244 g/mol. The van der Waals surface area contributed by atoms with Gasteiger partial charge >= 0.3 is 0 Å². The van der Waals surface area contributed by atoms with E-state index < -0.39 is 8.07 Å². The fraction of sp³-hybridized carbons (Fsp3) is 0.278. The molecule has 99 valence electrons. The van der Waals surface area contributed by atoms with Gasteiger partial charge in [-0.15, -0.1) is 0 Å². The van der Waals surface area contributed by atoms with Gasteiger partial charge in [-0.3, -0.25) is 0 Å². The molecule has 0 atom stereocenters. The normalized spacial score (nSPS) is 12.4. The third-order valence-electron chi connectivity index (χ3n) is 4.19. The van der Waals surface area contributed by atoms with Crippen LogP contribution in [0.15, 0.2) is 60.7 Å². The lowest BCUT2D eigenvalue weighted by Crippen LogP contribution is -2.63. The molecule has 0 amide bonds. The van der Waals surface area contributed by atoms with Gasteiger partial charge in [0.05, 0.1) is 0 Å². The molecule has 1 heteroatoms. The minimum Gasteiger partial charge on any atom is -0.0626 e. The largest absolute Gasteiger partial charge is 0.123 e. The second-order valence-electron chi connectivity index (χ2n) is 6.14. The van der Waals surface area contributed by atoms with Gasteiger partial charge < -0.3 is 0 Å². The van der Waals surface area contributed by atoms with Crippen LogP contribution in [0.1, 0.15) is 20.8 Å². The van der Waals surface area contributed by atoms with Crippen molar-refractivity contribution in [2.45, 2.75) is 31.9 Å². The van der Waals surface area contributed by atoms with Crippen molar-refractivity contribution in [3.63, 3.8) is 0 Å². The first-order valence-electron chi connectivity index (χ1n) is 6.92. The van der Waals surface area contributed by atoms with Crippen molar-refractivity contribution in [1.29, 1.82) is 0 Å². The Morgan fingerprint density at radius 1 is 0.789 bits per heavy atom. The lowest BCUT2D eigenvalue weighted by Gasteiger charge is -2.43. The van der Waals surface area contributed by atoms with Gasteiger partial charge in [-0.05, 0) is 11.1 Å². The zero-order chi connectivity index (χ0) is 13.9. The molecule has 0 saturated carbocycles. The highest BCUT2D eigenvalue weighted by Gasteiger charge is 2.45. The first kappa shape index (κ1) is 14.1. The quantitative estimate of drug-likeness (QED) is 0.740. The molecule has 0 aliphatic rings. The van der Waals surface area contributed by atoms with E-state index in [1.807, 2.05) is 0 Å². The fourth-order valence-electron chi connectivity index (χ4n) is 3.14. The maximum absolute atomic E-state index is 4.34. The van der Waals surface area contributed by atoms with E-state index >= 15 is 0 Å². The van der Waals surface area contributed by atoms with Gasteiger partial charge in [-0.2, -0.15) is 0 Å². The maximum atomic E-state index is 4.34. The van der Waals surface area contributed by atoms with Crippen LogP contribution >= 0.6 is 0 Å². The Labute approximate surface area is 118 Å². The molecule has 0 aliphatic carbocycles. The van der Waals surface area contributed by atoms with E-state index in [-0.39, 0.29) is 5.04 Å². The predicted octanol–water partition coefficient (Wildman–Crippen LogP) is 3.88. The predicted molar refractivity (Wildman–Crippen MR) is 87.8 cm³/mol. The molecule has 0 aliphatic heterocycles. The first-order valence-corrected chi connectivity index (χ1v) is 9.13. The molecule has 0 aromatic heterocycles. The SMILES string of the molecule is [CH2]C[Si](c1ccccc1)(c1ccccc1)C(C)(C)C. The van der Waals surface area contributed by atoms with Crippen LogP contribution in [0.3, 0.4) is 0 Å². The topological polar surface area (TPSA) is 0 Å². The van der Waals surface area contributed by atoms with E-state index in [9.17, 15) is 0 Å². The monoisotopic (exact) mass is 267 g/mol. The van der Waals surface area contributed by atoms with Gasteiger partial charge in [-0.1, -0.05) is 98.7 Å². The van der Waals surface area contributed by atoms with E-state index in [0.717, 1.165) is 6.04 Å². The zero-order valence-corrected chi connectivity index (χ0v) is 13.2. The molecule has 0 fully saturated rings. The molecule has 19 heavy (non-hydrogen) atoms. The van der Waals surface area contributed by atoms with Crippen LogP contribution in [-0.4, -0.2) is 8.07 Å². The molecule has 0 unspecified atom stereocenters. The lowest BCUT2D eigenvalue weighted by molar-refractivity contribution is 0.730. The average Bonchev–Trinajstić information content (AvgIpc) is 2.41. The van der Waals surface area contributed by atoms with E-state index in [4.69, 9.17) is 0 Å². The third-order valence-corrected chi connectivity index (χ3v) is 10.1. The summed E-state index contributed by atoms with van der Waals surface area (Å²) in [6.07, 6.45) is 0. The fourth-order valence-corrected chi connectivity index (χ4v) is 8.06. The Morgan fingerprint density at radius 2 is 1.16 bits per heavy atom. The van der Waals surface area contributed by atoms with Crippen molar-refractivity contribution in [3.05, 3.63) is 67.6 Å². The highest BCUT2D eigenvalue weighted by Crippen LogP contribution is 2.38. The molecule has 0 bridgehead atoms. The molecule has 2 aromatic carbocycles. The van der Waals surface area contributed by atoms with Crippen molar-refractivity contribution in [3.8, 4) is 0 Å². The Hall–Kier alpha value is -1.34. The Kier molecular flexibility index (Phi) is 3.95. The van der Waals surface area contributed by atoms with Crippen molar-refractivity contribution in [1.82, 2.24) is 0 Å². The van der Waals surface area contributed by atoms with Crippen molar-refractivity contribution < 1.29 is 0 Å². The molecule has 2 rings (SSSR count). The molecule has 0 spiro atoms. The molecule has 2 aromatic rings. The van der Waals surface area contributed by atoms with Crippen LogP contribution in [0.4, 0.5) is 0 Å². The van der Waals surface area contributed by atoms with E-state index in [0.29, 0.717) is 0 Å². The summed E-state index contributed by atoms with van der Waals surface area (Å²) in [5, 5.41) is 3.23. The second-order valence-corrected chi connectivity index (χ2v) is 11.1. The summed E-state index contributed by atoms with van der Waals surface area (Å²) in [5.74, 6) is 0. The number of benzene rings is 2. The highest BCUT2D eigenvalue weighted by molar-refractivity contribution is 7.04. The molecular formula is C18H23Si. The first-order chi connectivity index (χ1) is 9.02. The summed E-state index contributed by atoms with van der Waals surface area (Å²) in [6.45, 7) is 11.4. The van der Waals surface area contributed by atoms with Gasteiger partial charge in [0.1, 0.15) is 8.07 Å². The molecule has 0 heterocycles. The van der Waals surface area contributed by atoms with Crippen LogP contribution in [-0.2, 0) is 0 Å². The van der Waals surface area contributed by atoms with E-state index in [1.165, 1.54) is 10.4 Å². The molecule has 0 N–H and O–H groups in total. The number of hydrogen-bond acceptors (Lipinski definition) is 0. The summed E-state index contributed by atoms with van der Waals surface area (Å²) >= 11 is 0.